The van der Waals surface area contributed by atoms with Gasteiger partial charge in [-0.15, -0.1) is 0 Å². The first kappa shape index (κ1) is 14.4. The molecule has 2 N–H and O–H groups in total. The minimum absolute atomic E-state index is 0.330. The van der Waals surface area contributed by atoms with Crippen LogP contribution in [0.25, 0.3) is 0 Å². The molecule has 0 amide bonds. The Morgan fingerprint density at radius 2 is 2.26 bits per heavy atom. The van der Waals surface area contributed by atoms with E-state index in [9.17, 15) is 0 Å². The molecule has 1 unspecified atom stereocenters. The standard InChI is InChI=1S/C13H15BrClN3O/c1-3-18-13(11(19-2)7-17-18)12(16)9-5-4-8(15)6-10(9)14/h4-7,12H,3,16H2,1-2H3. The third-order valence-corrected chi connectivity index (χ3v) is 3.88. The van der Waals surface area contributed by atoms with Gasteiger partial charge in [0, 0.05) is 16.0 Å². The number of ether oxygens (including phenoxy) is 1. The van der Waals surface area contributed by atoms with Crippen molar-refractivity contribution in [2.45, 2.75) is 19.5 Å². The summed E-state index contributed by atoms with van der Waals surface area (Å²) in [6, 6.07) is 5.23. The smallest absolute Gasteiger partial charge is 0.161 e. The number of benzene rings is 1. The van der Waals surface area contributed by atoms with Crippen LogP contribution in [-0.4, -0.2) is 16.9 Å². The molecule has 0 aliphatic rings. The Kier molecular flexibility index (Phi) is 4.50. The Morgan fingerprint density at radius 1 is 1.53 bits per heavy atom. The Morgan fingerprint density at radius 3 is 2.84 bits per heavy atom. The molecule has 2 rings (SSSR count). The number of hydrogen-bond donors (Lipinski definition) is 1. The molecule has 0 spiro atoms. The molecule has 0 aliphatic carbocycles. The van der Waals surface area contributed by atoms with E-state index in [-0.39, 0.29) is 6.04 Å². The third-order valence-electron chi connectivity index (χ3n) is 2.96. The molecule has 0 fully saturated rings. The maximum atomic E-state index is 6.35. The Labute approximate surface area is 125 Å². The largest absolute Gasteiger partial charge is 0.493 e. The fourth-order valence-electron chi connectivity index (χ4n) is 2.00. The van der Waals surface area contributed by atoms with Gasteiger partial charge in [0.15, 0.2) is 5.75 Å². The molecule has 1 atom stereocenters. The molecule has 4 nitrogen and oxygen atoms in total. The number of aryl methyl sites for hydroxylation is 1. The highest BCUT2D eigenvalue weighted by Crippen LogP contribution is 2.33. The third kappa shape index (κ3) is 2.78. The first-order chi connectivity index (χ1) is 9.08. The number of rotatable bonds is 4. The maximum Gasteiger partial charge on any atom is 0.161 e. The van der Waals surface area contributed by atoms with E-state index in [0.29, 0.717) is 10.8 Å². The Bertz CT molecular complexity index is 564. The van der Waals surface area contributed by atoms with Crippen molar-refractivity contribution in [3.8, 4) is 5.75 Å². The Hall–Kier alpha value is -1.04. The lowest BCUT2D eigenvalue weighted by Gasteiger charge is -2.17. The lowest BCUT2D eigenvalue weighted by Crippen LogP contribution is -2.18. The van der Waals surface area contributed by atoms with Crippen molar-refractivity contribution >= 4 is 27.5 Å². The van der Waals surface area contributed by atoms with Crippen LogP contribution in [-0.2, 0) is 6.54 Å². The SMILES string of the molecule is CCn1ncc(OC)c1C(N)c1ccc(Cl)cc1Br. The van der Waals surface area contributed by atoms with Gasteiger partial charge in [-0.05, 0) is 24.6 Å². The van der Waals surface area contributed by atoms with Crippen molar-refractivity contribution in [3.05, 3.63) is 45.1 Å². The fraction of sp³-hybridized carbons (Fsp3) is 0.308. The van der Waals surface area contributed by atoms with Crippen molar-refractivity contribution in [2.75, 3.05) is 7.11 Å². The molecule has 19 heavy (non-hydrogen) atoms. The van der Waals surface area contributed by atoms with Crippen molar-refractivity contribution < 1.29 is 4.74 Å². The molecule has 0 radical (unpaired) electrons. The summed E-state index contributed by atoms with van der Waals surface area (Å²) >= 11 is 9.44. The highest BCUT2D eigenvalue weighted by atomic mass is 79.9. The molecule has 2 aromatic rings. The molecule has 0 bridgehead atoms. The molecule has 1 aromatic carbocycles. The zero-order chi connectivity index (χ0) is 14.0. The van der Waals surface area contributed by atoms with Crippen LogP contribution in [0.1, 0.15) is 24.2 Å². The number of nitrogens with zero attached hydrogens (tertiary/aromatic N) is 2. The molecule has 1 aromatic heterocycles. The second-order valence-corrected chi connectivity index (χ2v) is 5.35. The first-order valence-corrected chi connectivity index (χ1v) is 7.05. The molecule has 0 saturated heterocycles. The summed E-state index contributed by atoms with van der Waals surface area (Å²) in [5, 5.41) is 4.94. The number of hydrogen-bond acceptors (Lipinski definition) is 3. The molecule has 1 heterocycles. The number of halogens is 2. The fourth-order valence-corrected chi connectivity index (χ4v) is 2.93. The normalized spacial score (nSPS) is 12.5. The van der Waals surface area contributed by atoms with Crippen LogP contribution >= 0.6 is 27.5 Å². The predicted molar refractivity (Wildman–Crippen MR) is 79.6 cm³/mol. The van der Waals surface area contributed by atoms with Crippen molar-refractivity contribution in [2.24, 2.45) is 5.73 Å². The van der Waals surface area contributed by atoms with E-state index in [1.165, 1.54) is 0 Å². The van der Waals surface area contributed by atoms with Crippen LogP contribution in [0.3, 0.4) is 0 Å². The van der Waals surface area contributed by atoms with Crippen LogP contribution in [0.4, 0.5) is 0 Å². The highest BCUT2D eigenvalue weighted by Gasteiger charge is 2.21. The van der Waals surface area contributed by atoms with Crippen LogP contribution in [0.5, 0.6) is 5.75 Å². The van der Waals surface area contributed by atoms with Crippen LogP contribution < -0.4 is 10.5 Å². The van der Waals surface area contributed by atoms with Gasteiger partial charge >= 0.3 is 0 Å². The van der Waals surface area contributed by atoms with Crippen molar-refractivity contribution in [1.29, 1.82) is 0 Å². The second kappa shape index (κ2) is 5.94. The van der Waals surface area contributed by atoms with Gasteiger partial charge in [-0.1, -0.05) is 33.6 Å². The molecule has 0 saturated carbocycles. The summed E-state index contributed by atoms with van der Waals surface area (Å²) in [7, 11) is 1.62. The molecular weight excluding hydrogens is 330 g/mol. The summed E-state index contributed by atoms with van der Waals surface area (Å²) in [4.78, 5) is 0. The van der Waals surface area contributed by atoms with E-state index in [0.717, 1.165) is 22.3 Å². The van der Waals surface area contributed by atoms with Crippen molar-refractivity contribution in [3.63, 3.8) is 0 Å². The van der Waals surface area contributed by atoms with E-state index >= 15 is 0 Å². The van der Waals surface area contributed by atoms with Crippen molar-refractivity contribution in [1.82, 2.24) is 9.78 Å². The number of nitrogens with two attached hydrogens (primary N) is 1. The van der Waals surface area contributed by atoms with E-state index < -0.39 is 0 Å². The summed E-state index contributed by atoms with van der Waals surface area (Å²) in [6.45, 7) is 2.75. The van der Waals surface area contributed by atoms with E-state index in [1.807, 2.05) is 29.8 Å². The summed E-state index contributed by atoms with van der Waals surface area (Å²) in [5.41, 5.74) is 8.15. The van der Waals surface area contributed by atoms with E-state index in [1.54, 1.807) is 13.3 Å². The molecule has 102 valence electrons. The van der Waals surface area contributed by atoms with E-state index in [2.05, 4.69) is 21.0 Å². The van der Waals surface area contributed by atoms with Gasteiger partial charge in [0.25, 0.3) is 0 Å². The second-order valence-electron chi connectivity index (χ2n) is 4.06. The van der Waals surface area contributed by atoms with Gasteiger partial charge in [0.1, 0.15) is 5.69 Å². The number of aromatic nitrogens is 2. The summed E-state index contributed by atoms with van der Waals surface area (Å²) in [6.07, 6.45) is 1.68. The van der Waals surface area contributed by atoms with Gasteiger partial charge in [0.2, 0.25) is 0 Å². The minimum atomic E-state index is -0.330. The van der Waals surface area contributed by atoms with Crippen LogP contribution in [0.15, 0.2) is 28.9 Å². The predicted octanol–water partition coefficient (Wildman–Crippen LogP) is 3.38. The zero-order valence-corrected chi connectivity index (χ0v) is 13.1. The summed E-state index contributed by atoms with van der Waals surface area (Å²) in [5.74, 6) is 0.691. The van der Waals surface area contributed by atoms with Gasteiger partial charge in [0.05, 0.1) is 19.3 Å². The van der Waals surface area contributed by atoms with Gasteiger partial charge in [-0.2, -0.15) is 5.10 Å². The minimum Gasteiger partial charge on any atom is -0.493 e. The monoisotopic (exact) mass is 343 g/mol. The Balaban J connectivity index is 2.48. The average molecular weight is 345 g/mol. The highest BCUT2D eigenvalue weighted by molar-refractivity contribution is 9.10. The topological polar surface area (TPSA) is 53.1 Å². The summed E-state index contributed by atoms with van der Waals surface area (Å²) < 4.78 is 8.04. The van der Waals surface area contributed by atoms with Gasteiger partial charge in [-0.3, -0.25) is 4.68 Å². The molecule has 0 aliphatic heterocycles. The molecular formula is C13H15BrClN3O. The zero-order valence-electron chi connectivity index (χ0n) is 10.7. The number of methoxy groups -OCH3 is 1. The van der Waals surface area contributed by atoms with Gasteiger partial charge in [-0.25, -0.2) is 0 Å². The molecule has 6 heteroatoms. The lowest BCUT2D eigenvalue weighted by atomic mass is 10.0. The van der Waals surface area contributed by atoms with E-state index in [4.69, 9.17) is 22.1 Å². The van der Waals surface area contributed by atoms with Crippen LogP contribution in [0.2, 0.25) is 5.02 Å². The average Bonchev–Trinajstić information content (AvgIpc) is 2.80. The quantitative estimate of drug-likeness (QED) is 0.925. The lowest BCUT2D eigenvalue weighted by molar-refractivity contribution is 0.404. The van der Waals surface area contributed by atoms with Gasteiger partial charge < -0.3 is 10.5 Å². The first-order valence-electron chi connectivity index (χ1n) is 5.88. The maximum absolute atomic E-state index is 6.35. The van der Waals surface area contributed by atoms with Crippen LogP contribution in [0, 0.1) is 0 Å².